The minimum atomic E-state index is -0.341. The van der Waals surface area contributed by atoms with E-state index in [2.05, 4.69) is 29.9 Å². The fraction of sp³-hybridized carbons (Fsp3) is 0.737. The first-order valence-corrected chi connectivity index (χ1v) is 8.96. The molecular weight excluding hydrogens is 270 g/mol. The van der Waals surface area contributed by atoms with Crippen LogP contribution in [0.3, 0.4) is 0 Å². The van der Waals surface area contributed by atoms with E-state index in [4.69, 9.17) is 0 Å². The smallest absolute Gasteiger partial charge is 0.128 e. The van der Waals surface area contributed by atoms with Gasteiger partial charge in [0.1, 0.15) is 5.82 Å². The third-order valence-corrected chi connectivity index (χ3v) is 5.13. The molecule has 1 aliphatic rings. The van der Waals surface area contributed by atoms with Crippen molar-refractivity contribution in [1.82, 2.24) is 9.97 Å². The summed E-state index contributed by atoms with van der Waals surface area (Å²) in [5.74, 6) is 1.73. The molecule has 1 saturated carbocycles. The Morgan fingerprint density at radius 2 is 1.82 bits per heavy atom. The average Bonchev–Trinajstić information content (AvgIpc) is 2.57. The molecule has 0 spiro atoms. The molecule has 3 heteroatoms. The summed E-state index contributed by atoms with van der Waals surface area (Å²) in [7, 11) is 0. The van der Waals surface area contributed by atoms with E-state index in [1.54, 1.807) is 0 Å². The second-order valence-electron chi connectivity index (χ2n) is 6.77. The van der Waals surface area contributed by atoms with Crippen LogP contribution in [0.4, 0.5) is 0 Å². The van der Waals surface area contributed by atoms with Gasteiger partial charge >= 0.3 is 0 Å². The summed E-state index contributed by atoms with van der Waals surface area (Å²) in [5.41, 5.74) is 0.691. The van der Waals surface area contributed by atoms with Crippen molar-refractivity contribution in [3.05, 3.63) is 23.8 Å². The molecule has 120 valence electrons. The standard InChI is InChI=1S/C19H29N3/c1-3-5-6-8-18-21-13-17(14-22-18)19(15-20)11-9-16(7-4-2)10-12-19/h13-14,16H,3-12H2,1-2H3/t16-,19+. The molecule has 0 radical (unpaired) electrons. The molecule has 0 bridgehead atoms. The molecule has 2 rings (SSSR count). The van der Waals surface area contributed by atoms with Crippen LogP contribution in [0, 0.1) is 17.2 Å². The van der Waals surface area contributed by atoms with Gasteiger partial charge in [-0.1, -0.05) is 39.5 Å². The molecule has 1 aromatic heterocycles. The zero-order valence-corrected chi connectivity index (χ0v) is 14.1. The first kappa shape index (κ1) is 16.9. The molecule has 1 heterocycles. The fourth-order valence-corrected chi connectivity index (χ4v) is 3.60. The molecule has 3 nitrogen and oxygen atoms in total. The van der Waals surface area contributed by atoms with E-state index < -0.39 is 0 Å². The van der Waals surface area contributed by atoms with Gasteiger partial charge in [0, 0.05) is 24.4 Å². The highest BCUT2D eigenvalue weighted by Gasteiger charge is 2.37. The molecule has 1 fully saturated rings. The van der Waals surface area contributed by atoms with Crippen LogP contribution < -0.4 is 0 Å². The Kier molecular flexibility index (Phi) is 6.36. The van der Waals surface area contributed by atoms with Crippen molar-refractivity contribution < 1.29 is 0 Å². The van der Waals surface area contributed by atoms with E-state index in [-0.39, 0.29) is 5.41 Å². The van der Waals surface area contributed by atoms with Crippen molar-refractivity contribution in [2.24, 2.45) is 5.92 Å². The van der Waals surface area contributed by atoms with Crippen molar-refractivity contribution in [2.45, 2.75) is 83.5 Å². The quantitative estimate of drug-likeness (QED) is 0.668. The summed E-state index contributed by atoms with van der Waals surface area (Å²) in [6.45, 7) is 4.45. The summed E-state index contributed by atoms with van der Waals surface area (Å²) in [6.07, 6.45) is 15.2. The van der Waals surface area contributed by atoms with E-state index in [9.17, 15) is 5.26 Å². The highest BCUT2D eigenvalue weighted by Crippen LogP contribution is 2.42. The Morgan fingerprint density at radius 3 is 2.36 bits per heavy atom. The van der Waals surface area contributed by atoms with Crippen LogP contribution >= 0.6 is 0 Å². The minimum absolute atomic E-state index is 0.341. The summed E-state index contributed by atoms with van der Waals surface area (Å²) < 4.78 is 0. The first-order chi connectivity index (χ1) is 10.7. The van der Waals surface area contributed by atoms with Crippen molar-refractivity contribution in [3.63, 3.8) is 0 Å². The lowest BCUT2D eigenvalue weighted by Gasteiger charge is -2.34. The van der Waals surface area contributed by atoms with Crippen molar-refractivity contribution in [3.8, 4) is 6.07 Å². The van der Waals surface area contributed by atoms with Gasteiger partial charge in [0.25, 0.3) is 0 Å². The van der Waals surface area contributed by atoms with Crippen LogP contribution in [0.1, 0.15) is 83.0 Å². The summed E-state index contributed by atoms with van der Waals surface area (Å²) in [4.78, 5) is 9.02. The van der Waals surface area contributed by atoms with Gasteiger partial charge in [0.05, 0.1) is 11.5 Å². The van der Waals surface area contributed by atoms with E-state index >= 15 is 0 Å². The van der Waals surface area contributed by atoms with Gasteiger partial charge in [0.15, 0.2) is 0 Å². The highest BCUT2D eigenvalue weighted by atomic mass is 14.9. The van der Waals surface area contributed by atoms with Gasteiger partial charge in [-0.05, 0) is 38.0 Å². The van der Waals surface area contributed by atoms with E-state index in [0.29, 0.717) is 0 Å². The second kappa shape index (κ2) is 8.27. The van der Waals surface area contributed by atoms with E-state index in [1.807, 2.05) is 12.4 Å². The number of rotatable bonds is 7. The number of nitrogens with zero attached hydrogens (tertiary/aromatic N) is 3. The Labute approximate surface area is 135 Å². The van der Waals surface area contributed by atoms with Crippen LogP contribution in [0.25, 0.3) is 0 Å². The zero-order valence-electron chi connectivity index (χ0n) is 14.1. The summed E-state index contributed by atoms with van der Waals surface area (Å²) in [5, 5.41) is 9.75. The highest BCUT2D eigenvalue weighted by molar-refractivity contribution is 5.29. The number of hydrogen-bond acceptors (Lipinski definition) is 3. The van der Waals surface area contributed by atoms with Crippen molar-refractivity contribution in [2.75, 3.05) is 0 Å². The summed E-state index contributed by atoms with van der Waals surface area (Å²) >= 11 is 0. The average molecular weight is 299 g/mol. The third kappa shape index (κ3) is 4.06. The largest absolute Gasteiger partial charge is 0.241 e. The number of nitriles is 1. The topological polar surface area (TPSA) is 49.6 Å². The first-order valence-electron chi connectivity index (χ1n) is 8.96. The lowest BCUT2D eigenvalue weighted by molar-refractivity contribution is 0.264. The maximum atomic E-state index is 9.75. The van der Waals surface area contributed by atoms with Gasteiger partial charge in [-0.2, -0.15) is 5.26 Å². The Hall–Kier alpha value is -1.43. The molecule has 0 atom stereocenters. The Morgan fingerprint density at radius 1 is 1.14 bits per heavy atom. The molecule has 1 aliphatic carbocycles. The lowest BCUT2D eigenvalue weighted by Crippen LogP contribution is -2.30. The van der Waals surface area contributed by atoms with Crippen molar-refractivity contribution >= 4 is 0 Å². The van der Waals surface area contributed by atoms with Gasteiger partial charge in [-0.25, -0.2) is 9.97 Å². The van der Waals surface area contributed by atoms with Crippen LogP contribution in [0.5, 0.6) is 0 Å². The Bertz CT molecular complexity index is 478. The van der Waals surface area contributed by atoms with Gasteiger partial charge in [-0.3, -0.25) is 0 Å². The second-order valence-corrected chi connectivity index (χ2v) is 6.77. The minimum Gasteiger partial charge on any atom is -0.241 e. The number of aromatic nitrogens is 2. The van der Waals surface area contributed by atoms with Crippen LogP contribution in [0.15, 0.2) is 12.4 Å². The van der Waals surface area contributed by atoms with Gasteiger partial charge in [0.2, 0.25) is 0 Å². The molecule has 0 aromatic carbocycles. The predicted molar refractivity (Wildman–Crippen MR) is 89.4 cm³/mol. The number of hydrogen-bond donors (Lipinski definition) is 0. The molecule has 0 saturated heterocycles. The van der Waals surface area contributed by atoms with Gasteiger partial charge < -0.3 is 0 Å². The SMILES string of the molecule is CCCCCc1ncc([C@]2(C#N)CC[C@H](CCC)CC2)cn1. The summed E-state index contributed by atoms with van der Waals surface area (Å²) in [6, 6.07) is 2.59. The lowest BCUT2D eigenvalue weighted by atomic mass is 9.67. The maximum absolute atomic E-state index is 9.75. The Balaban J connectivity index is 2.01. The molecule has 0 amide bonds. The monoisotopic (exact) mass is 299 g/mol. The third-order valence-electron chi connectivity index (χ3n) is 5.13. The molecule has 0 unspecified atom stereocenters. The normalized spacial score (nSPS) is 24.9. The predicted octanol–water partition coefficient (Wildman–Crippen LogP) is 4.96. The zero-order chi connectivity index (χ0) is 15.8. The van der Waals surface area contributed by atoms with E-state index in [0.717, 1.165) is 43.0 Å². The molecule has 22 heavy (non-hydrogen) atoms. The van der Waals surface area contributed by atoms with Crippen LogP contribution in [-0.2, 0) is 11.8 Å². The van der Waals surface area contributed by atoms with Crippen LogP contribution in [-0.4, -0.2) is 9.97 Å². The van der Waals surface area contributed by atoms with Crippen molar-refractivity contribution in [1.29, 1.82) is 5.26 Å². The van der Waals surface area contributed by atoms with Gasteiger partial charge in [-0.15, -0.1) is 0 Å². The molecule has 1 aromatic rings. The number of unbranched alkanes of at least 4 members (excludes halogenated alkanes) is 2. The fourth-order valence-electron chi connectivity index (χ4n) is 3.60. The molecule has 0 aliphatic heterocycles. The van der Waals surface area contributed by atoms with E-state index in [1.165, 1.54) is 38.5 Å². The molecular formula is C19H29N3. The maximum Gasteiger partial charge on any atom is 0.128 e. The van der Waals surface area contributed by atoms with Crippen LogP contribution in [0.2, 0.25) is 0 Å². The number of aryl methyl sites for hydroxylation is 1. The molecule has 0 N–H and O–H groups in total.